The summed E-state index contributed by atoms with van der Waals surface area (Å²) in [5.41, 5.74) is 0. The molecule has 1 aliphatic heterocycles. The first-order valence-electron chi connectivity index (χ1n) is 9.52. The number of hydrogen-bond donors (Lipinski definition) is 0. The van der Waals surface area contributed by atoms with Crippen LogP contribution in [0.4, 0.5) is 0 Å². The van der Waals surface area contributed by atoms with Crippen molar-refractivity contribution >= 4 is 43.6 Å². The molecule has 5 unspecified atom stereocenters. The zero-order valence-electron chi connectivity index (χ0n) is 19.1. The first kappa shape index (κ1) is 26.9. The number of rotatable bonds is 7. The number of nitrogens with zero attached hydrogens (tertiary/aromatic N) is 2. The molecular weight excluding hydrogens is 479 g/mol. The van der Waals surface area contributed by atoms with E-state index in [1.807, 2.05) is 37.7 Å². The molecule has 0 aliphatic carbocycles. The first-order chi connectivity index (χ1) is 14.3. The van der Waals surface area contributed by atoms with Crippen molar-refractivity contribution in [1.82, 2.24) is 4.90 Å². The fraction of sp³-hybridized carbons (Fsp3) is 0.737. The normalized spacial score (nSPS) is 25.1. The summed E-state index contributed by atoms with van der Waals surface area (Å²) in [5.74, 6) is -2.46. The molecule has 0 radical (unpaired) electrons. The van der Waals surface area contributed by atoms with Gasteiger partial charge in [0.05, 0.1) is 0 Å². The van der Waals surface area contributed by atoms with Crippen LogP contribution in [0.2, 0.25) is 0 Å². The van der Waals surface area contributed by atoms with Crippen molar-refractivity contribution in [3.63, 3.8) is 0 Å². The number of esters is 4. The molecule has 12 heteroatoms. The van der Waals surface area contributed by atoms with E-state index in [9.17, 15) is 19.2 Å². The van der Waals surface area contributed by atoms with Crippen molar-refractivity contribution in [2.45, 2.75) is 57.1 Å². The summed E-state index contributed by atoms with van der Waals surface area (Å²) in [6, 6.07) is 0. The average Bonchev–Trinajstić information content (AvgIpc) is 2.60. The second-order valence-electron chi connectivity index (χ2n) is 7.26. The Morgan fingerprint density at radius 2 is 1.32 bits per heavy atom. The van der Waals surface area contributed by atoms with Gasteiger partial charge in [-0.3, -0.25) is 0 Å². The molecule has 0 amide bonds. The Hall–Kier alpha value is -2.17. The summed E-state index contributed by atoms with van der Waals surface area (Å²) in [7, 11) is 7.45. The molecule has 0 N–H and O–H groups in total. The van der Waals surface area contributed by atoms with E-state index >= 15 is 0 Å². The SMILES string of the molecule is CC(=O)OCC1OC([Se]C(N(C)C)=[N+](C)C)C(OC(C)=O)C(OC(C)=O)C1OC(C)=O. The van der Waals surface area contributed by atoms with Crippen LogP contribution in [0, 0.1) is 0 Å². The fourth-order valence-corrected chi connectivity index (χ4v) is 5.46. The van der Waals surface area contributed by atoms with Crippen molar-refractivity contribution in [1.29, 1.82) is 0 Å². The molecule has 0 saturated carbocycles. The second kappa shape index (κ2) is 12.0. The minimum atomic E-state index is -1.14. The van der Waals surface area contributed by atoms with Gasteiger partial charge in [0, 0.05) is 0 Å². The van der Waals surface area contributed by atoms with E-state index < -0.39 is 68.3 Å². The van der Waals surface area contributed by atoms with E-state index in [2.05, 4.69) is 0 Å². The van der Waals surface area contributed by atoms with E-state index in [0.717, 1.165) is 4.73 Å². The quantitative estimate of drug-likeness (QED) is 0.105. The molecule has 0 spiro atoms. The Morgan fingerprint density at radius 1 is 0.839 bits per heavy atom. The number of carbonyl (C=O) groups is 4. The topological polar surface area (TPSA) is 121 Å². The molecule has 1 aliphatic rings. The Bertz CT molecular complexity index is 721. The molecule has 1 heterocycles. The third-order valence-electron chi connectivity index (χ3n) is 3.93. The van der Waals surface area contributed by atoms with Gasteiger partial charge in [0.15, 0.2) is 0 Å². The van der Waals surface area contributed by atoms with E-state index in [4.69, 9.17) is 23.7 Å². The van der Waals surface area contributed by atoms with E-state index in [1.54, 1.807) is 0 Å². The summed E-state index contributed by atoms with van der Waals surface area (Å²) in [5, 5.41) is -0.715. The average molecular weight is 510 g/mol. The van der Waals surface area contributed by atoms with Gasteiger partial charge in [-0.15, -0.1) is 0 Å². The molecule has 0 aromatic heterocycles. The minimum absolute atomic E-state index is 0.232. The van der Waals surface area contributed by atoms with Crippen LogP contribution >= 0.6 is 0 Å². The summed E-state index contributed by atoms with van der Waals surface area (Å²) in [6.07, 6.45) is -4.24. The van der Waals surface area contributed by atoms with Gasteiger partial charge in [0.1, 0.15) is 0 Å². The van der Waals surface area contributed by atoms with Crippen molar-refractivity contribution in [3.05, 3.63) is 0 Å². The van der Waals surface area contributed by atoms with Crippen molar-refractivity contribution in [2.24, 2.45) is 0 Å². The molecule has 5 atom stereocenters. The fourth-order valence-electron chi connectivity index (χ4n) is 3.00. The van der Waals surface area contributed by atoms with Crippen molar-refractivity contribution < 1.29 is 47.4 Å². The molecular formula is C19H31N2O9Se+. The molecule has 1 rings (SSSR count). The van der Waals surface area contributed by atoms with Crippen LogP contribution in [0.1, 0.15) is 27.7 Å². The van der Waals surface area contributed by atoms with Gasteiger partial charge in [-0.2, -0.15) is 0 Å². The van der Waals surface area contributed by atoms with Gasteiger partial charge < -0.3 is 0 Å². The van der Waals surface area contributed by atoms with E-state index in [0.29, 0.717) is 0 Å². The third kappa shape index (κ3) is 8.47. The van der Waals surface area contributed by atoms with E-state index in [1.165, 1.54) is 27.7 Å². The van der Waals surface area contributed by atoms with Crippen LogP contribution in [0.5, 0.6) is 0 Å². The maximum atomic E-state index is 11.9. The Balaban J connectivity index is 3.45. The van der Waals surface area contributed by atoms with Crippen LogP contribution in [-0.2, 0) is 42.9 Å². The molecule has 31 heavy (non-hydrogen) atoms. The van der Waals surface area contributed by atoms with Gasteiger partial charge in [-0.1, -0.05) is 0 Å². The van der Waals surface area contributed by atoms with Crippen molar-refractivity contribution in [2.75, 3.05) is 34.8 Å². The molecule has 0 aromatic carbocycles. The third-order valence-corrected chi connectivity index (χ3v) is 7.19. The summed E-state index contributed by atoms with van der Waals surface area (Å²) in [6.45, 7) is 4.62. The van der Waals surface area contributed by atoms with Crippen LogP contribution in [0.3, 0.4) is 0 Å². The van der Waals surface area contributed by atoms with Crippen LogP contribution in [-0.4, -0.2) is 117 Å². The van der Waals surface area contributed by atoms with Gasteiger partial charge in [-0.25, -0.2) is 0 Å². The molecule has 0 aromatic rings. The standard InChI is InChI=1S/C19H31N2O9Se/c1-10(22)26-9-14-15(27-11(2)23)16(28-12(3)24)17(29-13(4)25)18(30-14)31-19(20(5)6)21(7)8/h14-18H,9H2,1-8H3/q+1. The molecule has 176 valence electrons. The molecule has 0 bridgehead atoms. The number of amidine groups is 1. The van der Waals surface area contributed by atoms with Gasteiger partial charge in [-0.05, 0) is 0 Å². The molecule has 11 nitrogen and oxygen atoms in total. The van der Waals surface area contributed by atoms with Crippen molar-refractivity contribution in [3.8, 4) is 0 Å². The summed E-state index contributed by atoms with van der Waals surface area (Å²) in [4.78, 5) is 48.7. The molecule has 1 fully saturated rings. The monoisotopic (exact) mass is 511 g/mol. The first-order valence-corrected chi connectivity index (χ1v) is 11.4. The summed E-state index contributed by atoms with van der Waals surface area (Å²) >= 11 is -0.429. The number of carbonyl (C=O) groups excluding carboxylic acids is 4. The maximum absolute atomic E-state index is 11.9. The van der Waals surface area contributed by atoms with Crippen LogP contribution in [0.25, 0.3) is 0 Å². The number of ether oxygens (including phenoxy) is 5. The van der Waals surface area contributed by atoms with E-state index in [-0.39, 0.29) is 6.61 Å². The predicted molar refractivity (Wildman–Crippen MR) is 109 cm³/mol. The molecule has 1 saturated heterocycles. The summed E-state index contributed by atoms with van der Waals surface area (Å²) < 4.78 is 30.3. The Labute approximate surface area is 188 Å². The van der Waals surface area contributed by atoms with Gasteiger partial charge in [0.25, 0.3) is 0 Å². The Morgan fingerprint density at radius 3 is 1.74 bits per heavy atom. The predicted octanol–water partition coefficient (Wildman–Crippen LogP) is -1.04. The number of hydrogen-bond acceptors (Lipinski definition) is 9. The second-order valence-corrected chi connectivity index (χ2v) is 9.49. The van der Waals surface area contributed by atoms with Crippen LogP contribution in [0.15, 0.2) is 0 Å². The van der Waals surface area contributed by atoms with Crippen LogP contribution < -0.4 is 0 Å². The van der Waals surface area contributed by atoms with Gasteiger partial charge >= 0.3 is 188 Å². The zero-order chi connectivity index (χ0) is 23.9. The van der Waals surface area contributed by atoms with Gasteiger partial charge in [0.2, 0.25) is 0 Å². The Kier molecular flexibility index (Phi) is 10.4. The zero-order valence-corrected chi connectivity index (χ0v) is 20.8.